The summed E-state index contributed by atoms with van der Waals surface area (Å²) in [5, 5.41) is 2.80. The van der Waals surface area contributed by atoms with Crippen LogP contribution in [0.15, 0.2) is 54.6 Å². The van der Waals surface area contributed by atoms with E-state index in [1.165, 1.54) is 6.92 Å². The molecule has 2 aromatic carbocycles. The Balaban J connectivity index is 2.21. The van der Waals surface area contributed by atoms with Gasteiger partial charge in [0, 0.05) is 12.7 Å². The molecule has 2 rings (SSSR count). The molecule has 0 fully saturated rings. The predicted octanol–water partition coefficient (Wildman–Crippen LogP) is 3.85. The van der Waals surface area contributed by atoms with Crippen LogP contribution in [0.1, 0.15) is 36.6 Å². The van der Waals surface area contributed by atoms with Gasteiger partial charge in [-0.05, 0) is 31.4 Å². The van der Waals surface area contributed by atoms with Gasteiger partial charge >= 0.3 is 5.97 Å². The molecule has 0 aliphatic rings. The molecule has 0 bridgehead atoms. The zero-order valence-electron chi connectivity index (χ0n) is 17.0. The highest BCUT2D eigenvalue weighted by Gasteiger charge is 2.28. The number of nitrogens with one attached hydrogen (secondary N) is 1. The minimum absolute atomic E-state index is 0.0451. The molecule has 6 heteroatoms. The van der Waals surface area contributed by atoms with E-state index in [0.29, 0.717) is 17.7 Å². The molecule has 2 unspecified atom stereocenters. The van der Waals surface area contributed by atoms with E-state index in [1.807, 2.05) is 61.5 Å². The lowest BCUT2D eigenvalue weighted by atomic mass is 9.98. The number of benzene rings is 2. The molecule has 0 aromatic heterocycles. The Morgan fingerprint density at radius 1 is 1.03 bits per heavy atom. The summed E-state index contributed by atoms with van der Waals surface area (Å²) < 4.78 is 5.17. The molecule has 2 aromatic rings. The maximum absolute atomic E-state index is 13.1. The molecule has 0 heterocycles. The van der Waals surface area contributed by atoms with Gasteiger partial charge in [-0.25, -0.2) is 4.79 Å². The lowest BCUT2D eigenvalue weighted by molar-refractivity contribution is -0.148. The first-order valence-corrected chi connectivity index (χ1v) is 10.6. The molecule has 0 saturated heterocycles. The summed E-state index contributed by atoms with van der Waals surface area (Å²) >= 11 is 1.11. The summed E-state index contributed by atoms with van der Waals surface area (Å²) in [6.45, 7) is 5.39. The van der Waals surface area contributed by atoms with E-state index in [2.05, 4.69) is 5.32 Å². The van der Waals surface area contributed by atoms with E-state index in [1.54, 1.807) is 6.92 Å². The number of esters is 1. The van der Waals surface area contributed by atoms with Gasteiger partial charge in [0.25, 0.3) is 0 Å². The van der Waals surface area contributed by atoms with Gasteiger partial charge < -0.3 is 10.1 Å². The first-order chi connectivity index (χ1) is 13.9. The van der Waals surface area contributed by atoms with Gasteiger partial charge in [0.05, 0.1) is 12.5 Å². The number of ether oxygens (including phenoxy) is 1. The minimum atomic E-state index is -0.886. The summed E-state index contributed by atoms with van der Waals surface area (Å²) in [5.74, 6) is -0.878. The molecule has 0 saturated carbocycles. The van der Waals surface area contributed by atoms with Gasteiger partial charge in [-0.3, -0.25) is 9.59 Å². The van der Waals surface area contributed by atoms with Crippen LogP contribution < -0.4 is 5.32 Å². The quantitative estimate of drug-likeness (QED) is 0.632. The van der Waals surface area contributed by atoms with Crippen LogP contribution in [0.25, 0.3) is 0 Å². The summed E-state index contributed by atoms with van der Waals surface area (Å²) in [7, 11) is 0. The van der Waals surface area contributed by atoms with Gasteiger partial charge in [0.2, 0.25) is 5.91 Å². The second-order valence-electron chi connectivity index (χ2n) is 6.79. The second kappa shape index (κ2) is 11.4. The first-order valence-electron chi connectivity index (χ1n) is 9.61. The lowest BCUT2D eigenvalue weighted by Gasteiger charge is -2.22. The van der Waals surface area contributed by atoms with E-state index in [0.717, 1.165) is 22.9 Å². The van der Waals surface area contributed by atoms with Crippen molar-refractivity contribution >= 4 is 28.8 Å². The monoisotopic (exact) mass is 413 g/mol. The van der Waals surface area contributed by atoms with Crippen LogP contribution in [-0.2, 0) is 25.5 Å². The highest BCUT2D eigenvalue weighted by atomic mass is 32.2. The summed E-state index contributed by atoms with van der Waals surface area (Å²) in [6, 6.07) is 16.2. The fourth-order valence-electron chi connectivity index (χ4n) is 2.87. The van der Waals surface area contributed by atoms with Crippen molar-refractivity contribution in [2.45, 2.75) is 33.2 Å². The van der Waals surface area contributed by atoms with Crippen LogP contribution >= 0.6 is 11.8 Å². The number of thioether (sulfide) groups is 1. The number of hydrogen-bond donors (Lipinski definition) is 1. The fourth-order valence-corrected chi connectivity index (χ4v) is 3.57. The largest absolute Gasteiger partial charge is 0.464 e. The zero-order valence-corrected chi connectivity index (χ0v) is 17.8. The van der Waals surface area contributed by atoms with Gasteiger partial charge in [0.1, 0.15) is 0 Å². The Morgan fingerprint density at radius 2 is 1.69 bits per heavy atom. The molecule has 29 heavy (non-hydrogen) atoms. The Bertz CT molecular complexity index is 821. The Hall–Kier alpha value is -2.60. The fraction of sp³-hybridized carbons (Fsp3) is 0.348. The van der Waals surface area contributed by atoms with Crippen LogP contribution in [0.5, 0.6) is 0 Å². The maximum atomic E-state index is 13.1. The molecule has 0 aliphatic heterocycles. The standard InChI is InChI=1S/C23H27NO4S/c1-4-28-23(27)21(19-12-10-16(2)11-13-19)24-22(26)20(15-29-17(3)25)14-18-8-6-5-7-9-18/h5-13,20-21H,4,14-15H2,1-3H3,(H,24,26). The number of hydrogen-bond acceptors (Lipinski definition) is 5. The number of rotatable bonds is 9. The van der Waals surface area contributed by atoms with E-state index in [4.69, 9.17) is 4.74 Å². The molecule has 0 spiro atoms. The average molecular weight is 414 g/mol. The van der Waals surface area contributed by atoms with Crippen LogP contribution in [0.3, 0.4) is 0 Å². The van der Waals surface area contributed by atoms with Gasteiger partial charge in [-0.1, -0.05) is 71.9 Å². The molecule has 5 nitrogen and oxygen atoms in total. The third-order valence-corrected chi connectivity index (χ3v) is 5.38. The zero-order chi connectivity index (χ0) is 21.2. The highest BCUT2D eigenvalue weighted by molar-refractivity contribution is 8.13. The molecule has 1 N–H and O–H groups in total. The van der Waals surface area contributed by atoms with Crippen LogP contribution in [0, 0.1) is 12.8 Å². The Morgan fingerprint density at radius 3 is 2.28 bits per heavy atom. The molecule has 0 radical (unpaired) electrons. The van der Waals surface area contributed by atoms with Crippen molar-refractivity contribution in [3.63, 3.8) is 0 Å². The summed E-state index contributed by atoms with van der Waals surface area (Å²) in [4.78, 5) is 37.0. The molecule has 154 valence electrons. The van der Waals surface area contributed by atoms with Crippen molar-refractivity contribution in [2.75, 3.05) is 12.4 Å². The number of aryl methyl sites for hydroxylation is 1. The van der Waals surface area contributed by atoms with E-state index >= 15 is 0 Å². The molecular formula is C23H27NO4S. The van der Waals surface area contributed by atoms with Crippen molar-refractivity contribution < 1.29 is 19.1 Å². The minimum Gasteiger partial charge on any atom is -0.464 e. The molecule has 1 amide bonds. The van der Waals surface area contributed by atoms with Crippen LogP contribution in [-0.4, -0.2) is 29.4 Å². The predicted molar refractivity (Wildman–Crippen MR) is 115 cm³/mol. The summed E-state index contributed by atoms with van der Waals surface area (Å²) in [6.07, 6.45) is 0.483. The van der Waals surface area contributed by atoms with Crippen molar-refractivity contribution in [3.8, 4) is 0 Å². The van der Waals surface area contributed by atoms with Gasteiger partial charge in [-0.15, -0.1) is 0 Å². The maximum Gasteiger partial charge on any atom is 0.333 e. The normalized spacial score (nSPS) is 12.7. The highest BCUT2D eigenvalue weighted by Crippen LogP contribution is 2.20. The number of carbonyl (C=O) groups is 3. The third kappa shape index (κ3) is 7.38. The third-order valence-electron chi connectivity index (χ3n) is 4.40. The Labute approximate surface area is 176 Å². The van der Waals surface area contributed by atoms with Gasteiger partial charge in [-0.2, -0.15) is 0 Å². The van der Waals surface area contributed by atoms with Crippen molar-refractivity contribution in [1.29, 1.82) is 0 Å². The van der Waals surface area contributed by atoms with Crippen LogP contribution in [0.2, 0.25) is 0 Å². The topological polar surface area (TPSA) is 72.5 Å². The molecular weight excluding hydrogens is 386 g/mol. The van der Waals surface area contributed by atoms with E-state index < -0.39 is 17.9 Å². The molecule has 2 atom stereocenters. The molecule has 0 aliphatic carbocycles. The Kier molecular flexibility index (Phi) is 8.93. The number of amides is 1. The average Bonchev–Trinajstić information content (AvgIpc) is 2.70. The van der Waals surface area contributed by atoms with Gasteiger partial charge in [0.15, 0.2) is 11.2 Å². The smallest absolute Gasteiger partial charge is 0.333 e. The lowest BCUT2D eigenvalue weighted by Crippen LogP contribution is -2.40. The van der Waals surface area contributed by atoms with E-state index in [-0.39, 0.29) is 17.6 Å². The van der Waals surface area contributed by atoms with Crippen molar-refractivity contribution in [2.24, 2.45) is 5.92 Å². The SMILES string of the molecule is CCOC(=O)C(NC(=O)C(CSC(C)=O)Cc1ccccc1)c1ccc(C)cc1. The first kappa shape index (κ1) is 22.7. The summed E-state index contributed by atoms with van der Waals surface area (Å²) in [5.41, 5.74) is 2.72. The van der Waals surface area contributed by atoms with Crippen molar-refractivity contribution in [1.82, 2.24) is 5.32 Å². The van der Waals surface area contributed by atoms with Crippen molar-refractivity contribution in [3.05, 3.63) is 71.3 Å². The number of carbonyl (C=O) groups excluding carboxylic acids is 3. The van der Waals surface area contributed by atoms with E-state index in [9.17, 15) is 14.4 Å². The second-order valence-corrected chi connectivity index (χ2v) is 7.99. The van der Waals surface area contributed by atoms with Crippen LogP contribution in [0.4, 0.5) is 0 Å².